The summed E-state index contributed by atoms with van der Waals surface area (Å²) in [6.07, 6.45) is 2.26. The Kier molecular flexibility index (Phi) is 7.25. The van der Waals surface area contributed by atoms with Crippen LogP contribution in [0, 0.1) is 17.7 Å². The molecule has 0 N–H and O–H groups in total. The van der Waals surface area contributed by atoms with Crippen molar-refractivity contribution in [2.45, 2.75) is 39.2 Å². The second kappa shape index (κ2) is 7.82. The second-order valence-corrected chi connectivity index (χ2v) is 5.77. The third-order valence-corrected chi connectivity index (χ3v) is 4.18. The molecular formula is C14H18BF4KO. The van der Waals surface area contributed by atoms with E-state index in [1.807, 2.05) is 0 Å². The van der Waals surface area contributed by atoms with Gasteiger partial charge in [0.05, 0.1) is 6.10 Å². The molecule has 1 nitrogen and oxygen atoms in total. The van der Waals surface area contributed by atoms with Gasteiger partial charge in [-0.1, -0.05) is 19.9 Å². The van der Waals surface area contributed by atoms with Crippen LogP contribution in [0.2, 0.25) is 0 Å². The van der Waals surface area contributed by atoms with Gasteiger partial charge < -0.3 is 17.7 Å². The Morgan fingerprint density at radius 3 is 2.33 bits per heavy atom. The Morgan fingerprint density at radius 1 is 1.10 bits per heavy atom. The first-order valence-corrected chi connectivity index (χ1v) is 6.93. The number of ether oxygens (including phenoxy) is 1. The van der Waals surface area contributed by atoms with Crippen molar-refractivity contribution >= 4 is 12.4 Å². The third-order valence-electron chi connectivity index (χ3n) is 4.18. The summed E-state index contributed by atoms with van der Waals surface area (Å²) in [4.78, 5) is 0. The van der Waals surface area contributed by atoms with Crippen molar-refractivity contribution in [3.05, 3.63) is 24.0 Å². The summed E-state index contributed by atoms with van der Waals surface area (Å²) in [6, 6.07) is 2.36. The molecule has 3 unspecified atom stereocenters. The van der Waals surface area contributed by atoms with Crippen molar-refractivity contribution in [1.82, 2.24) is 0 Å². The van der Waals surface area contributed by atoms with E-state index in [0.717, 1.165) is 37.5 Å². The maximum absolute atomic E-state index is 13.6. The van der Waals surface area contributed by atoms with Gasteiger partial charge in [-0.25, -0.2) is 4.39 Å². The van der Waals surface area contributed by atoms with E-state index in [4.69, 9.17) is 4.74 Å². The molecule has 1 fully saturated rings. The third kappa shape index (κ3) is 5.23. The van der Waals surface area contributed by atoms with Crippen LogP contribution < -0.4 is 61.6 Å². The zero-order valence-electron chi connectivity index (χ0n) is 12.6. The van der Waals surface area contributed by atoms with Crippen LogP contribution in [0.3, 0.4) is 0 Å². The van der Waals surface area contributed by atoms with Crippen molar-refractivity contribution in [3.63, 3.8) is 0 Å². The quantitative estimate of drug-likeness (QED) is 0.596. The molecule has 0 amide bonds. The molecule has 1 aromatic rings. The average Bonchev–Trinajstić information content (AvgIpc) is 2.35. The molecule has 0 aromatic heterocycles. The van der Waals surface area contributed by atoms with Gasteiger partial charge in [-0.3, -0.25) is 0 Å². The van der Waals surface area contributed by atoms with E-state index in [2.05, 4.69) is 13.8 Å². The minimum Gasteiger partial charge on any atom is -0.487 e. The van der Waals surface area contributed by atoms with Gasteiger partial charge in [-0.2, -0.15) is 0 Å². The fourth-order valence-electron chi connectivity index (χ4n) is 2.60. The number of hydrogen-bond donors (Lipinski definition) is 0. The molecule has 0 bridgehead atoms. The molecule has 0 heterocycles. The van der Waals surface area contributed by atoms with Gasteiger partial charge in [0.15, 0.2) is 11.6 Å². The molecule has 1 aliphatic rings. The summed E-state index contributed by atoms with van der Waals surface area (Å²) in [6.45, 7) is -0.897. The van der Waals surface area contributed by atoms with Gasteiger partial charge in [0.2, 0.25) is 0 Å². The van der Waals surface area contributed by atoms with Crippen LogP contribution >= 0.6 is 0 Å². The molecule has 0 spiro atoms. The molecule has 1 aliphatic carbocycles. The summed E-state index contributed by atoms with van der Waals surface area (Å²) >= 11 is 0. The van der Waals surface area contributed by atoms with E-state index < -0.39 is 18.3 Å². The van der Waals surface area contributed by atoms with Crippen LogP contribution in [0.1, 0.15) is 33.1 Å². The molecule has 2 rings (SSSR count). The maximum atomic E-state index is 13.6. The number of benzene rings is 1. The smallest absolute Gasteiger partial charge is 0.487 e. The topological polar surface area (TPSA) is 9.23 Å². The molecule has 3 atom stereocenters. The van der Waals surface area contributed by atoms with Gasteiger partial charge in [0, 0.05) is 0 Å². The standard InChI is InChI=1S/C14H18BF4O.K/c1-9-3-5-12(7-10(9)2)20-14-8-11(15(17,18)19)4-6-13(14)16;/h4,6,8-10,12H,3,5,7H2,1-2H3;/q-1;+1. The predicted molar refractivity (Wildman–Crippen MR) is 71.7 cm³/mol. The summed E-state index contributed by atoms with van der Waals surface area (Å²) in [7, 11) is 0. The average molecular weight is 328 g/mol. The van der Waals surface area contributed by atoms with Crippen LogP contribution in [0.25, 0.3) is 0 Å². The summed E-state index contributed by atoms with van der Waals surface area (Å²) in [5, 5.41) is 0. The van der Waals surface area contributed by atoms with Crippen LogP contribution in [0.4, 0.5) is 17.3 Å². The summed E-state index contributed by atoms with van der Waals surface area (Å²) in [5.41, 5.74) is -0.821. The number of rotatable bonds is 3. The van der Waals surface area contributed by atoms with E-state index in [-0.39, 0.29) is 63.2 Å². The predicted octanol–water partition coefficient (Wildman–Crippen LogP) is 1.09. The molecule has 1 aromatic carbocycles. The van der Waals surface area contributed by atoms with Crippen LogP contribution in [-0.2, 0) is 0 Å². The molecular weight excluding hydrogens is 310 g/mol. The fourth-order valence-corrected chi connectivity index (χ4v) is 2.60. The van der Waals surface area contributed by atoms with Gasteiger partial charge in [0.1, 0.15) is 0 Å². The van der Waals surface area contributed by atoms with Gasteiger partial charge in [-0.15, -0.1) is 5.46 Å². The Morgan fingerprint density at radius 2 is 1.76 bits per heavy atom. The Bertz CT molecular complexity index is 481. The zero-order valence-corrected chi connectivity index (χ0v) is 15.7. The largest absolute Gasteiger partial charge is 1.00 e. The van der Waals surface area contributed by atoms with E-state index in [1.165, 1.54) is 0 Å². The molecule has 112 valence electrons. The molecule has 0 saturated heterocycles. The summed E-state index contributed by atoms with van der Waals surface area (Å²) < 4.78 is 57.1. The van der Waals surface area contributed by atoms with Crippen molar-refractivity contribution in [2.75, 3.05) is 0 Å². The van der Waals surface area contributed by atoms with E-state index in [9.17, 15) is 17.3 Å². The van der Waals surface area contributed by atoms with Crippen molar-refractivity contribution in [3.8, 4) is 5.75 Å². The van der Waals surface area contributed by atoms with Crippen LogP contribution in [0.5, 0.6) is 5.75 Å². The van der Waals surface area contributed by atoms with E-state index in [1.54, 1.807) is 0 Å². The monoisotopic (exact) mass is 328 g/mol. The van der Waals surface area contributed by atoms with Crippen LogP contribution in [-0.4, -0.2) is 13.1 Å². The Labute approximate surface area is 165 Å². The summed E-state index contributed by atoms with van der Waals surface area (Å²) in [5.74, 6) is -0.00936. The Hall–Kier alpha value is 0.441. The normalized spacial score (nSPS) is 26.1. The van der Waals surface area contributed by atoms with E-state index in [0.29, 0.717) is 11.8 Å². The molecule has 7 heteroatoms. The first-order valence-electron chi connectivity index (χ1n) is 6.93. The van der Waals surface area contributed by atoms with Gasteiger partial charge in [0.25, 0.3) is 0 Å². The van der Waals surface area contributed by atoms with Crippen molar-refractivity contribution < 1.29 is 73.5 Å². The van der Waals surface area contributed by atoms with Crippen LogP contribution in [0.15, 0.2) is 18.2 Å². The number of hydrogen-bond acceptors (Lipinski definition) is 1. The fraction of sp³-hybridized carbons (Fsp3) is 0.571. The molecule has 0 radical (unpaired) electrons. The maximum Gasteiger partial charge on any atom is 1.00 e. The Balaban J connectivity index is 0.00000220. The molecule has 1 saturated carbocycles. The molecule has 0 aliphatic heterocycles. The molecule has 21 heavy (non-hydrogen) atoms. The minimum absolute atomic E-state index is 0. The SMILES string of the molecule is CC1CCC(Oc2cc([B-](F)(F)F)ccc2F)CC1C.[K+]. The van der Waals surface area contributed by atoms with Gasteiger partial charge in [-0.05, 0) is 43.2 Å². The zero-order chi connectivity index (χ0) is 14.9. The van der Waals surface area contributed by atoms with Crippen molar-refractivity contribution in [2.24, 2.45) is 11.8 Å². The number of halogens is 4. The van der Waals surface area contributed by atoms with Gasteiger partial charge >= 0.3 is 58.4 Å². The minimum atomic E-state index is -5.13. The first-order chi connectivity index (χ1) is 9.27. The van der Waals surface area contributed by atoms with E-state index >= 15 is 0 Å². The first kappa shape index (κ1) is 19.5. The van der Waals surface area contributed by atoms with Crippen molar-refractivity contribution in [1.29, 1.82) is 0 Å². The second-order valence-electron chi connectivity index (χ2n) is 5.77.